The van der Waals surface area contributed by atoms with E-state index in [0.717, 1.165) is 28.6 Å². The second-order valence-electron chi connectivity index (χ2n) is 4.60. The number of rotatable bonds is 7. The second-order valence-corrected chi connectivity index (χ2v) is 6.49. The number of hydrogen-bond donors (Lipinski definition) is 1. The van der Waals surface area contributed by atoms with Crippen molar-refractivity contribution in [2.45, 2.75) is 31.2 Å². The van der Waals surface area contributed by atoms with Crippen LogP contribution in [0.2, 0.25) is 0 Å². The lowest BCUT2D eigenvalue weighted by atomic mass is 10.3. The first-order chi connectivity index (χ1) is 9.66. The van der Waals surface area contributed by atoms with Crippen LogP contribution in [0, 0.1) is 10.1 Å². The van der Waals surface area contributed by atoms with E-state index in [0.29, 0.717) is 0 Å². The molecule has 9 heteroatoms. The van der Waals surface area contributed by atoms with Gasteiger partial charge in [-0.3, -0.25) is 14.9 Å². The van der Waals surface area contributed by atoms with Gasteiger partial charge in [0, 0.05) is 24.7 Å². The van der Waals surface area contributed by atoms with E-state index in [1.807, 2.05) is 0 Å². The first kappa shape index (κ1) is 17.1. The van der Waals surface area contributed by atoms with Crippen molar-refractivity contribution < 1.29 is 23.2 Å². The molecule has 0 heterocycles. The highest BCUT2D eigenvalue weighted by molar-refractivity contribution is 7.89. The van der Waals surface area contributed by atoms with Crippen molar-refractivity contribution in [2.24, 2.45) is 0 Å². The van der Waals surface area contributed by atoms with Crippen molar-refractivity contribution in [3.63, 3.8) is 0 Å². The molecule has 8 nitrogen and oxygen atoms in total. The monoisotopic (exact) mass is 316 g/mol. The van der Waals surface area contributed by atoms with Gasteiger partial charge in [0.2, 0.25) is 10.0 Å². The topological polar surface area (TPSA) is 118 Å². The Morgan fingerprint density at radius 1 is 1.33 bits per heavy atom. The van der Waals surface area contributed by atoms with Crippen LogP contribution in [0.25, 0.3) is 0 Å². The van der Waals surface area contributed by atoms with E-state index in [2.05, 4.69) is 0 Å². The van der Waals surface area contributed by atoms with Crippen LogP contribution in [-0.4, -0.2) is 41.3 Å². The molecule has 0 radical (unpaired) electrons. The number of benzene rings is 1. The van der Waals surface area contributed by atoms with Crippen LogP contribution in [0.3, 0.4) is 0 Å². The van der Waals surface area contributed by atoms with E-state index in [1.54, 1.807) is 13.8 Å². The number of aliphatic carboxylic acids is 1. The van der Waals surface area contributed by atoms with E-state index in [4.69, 9.17) is 5.11 Å². The summed E-state index contributed by atoms with van der Waals surface area (Å²) in [6.07, 6.45) is -0.315. The van der Waals surface area contributed by atoms with Crippen LogP contribution in [0.5, 0.6) is 0 Å². The Hall–Kier alpha value is -2.00. The summed E-state index contributed by atoms with van der Waals surface area (Å²) in [6, 6.07) is 4.06. The van der Waals surface area contributed by atoms with Crippen molar-refractivity contribution in [3.8, 4) is 0 Å². The summed E-state index contributed by atoms with van der Waals surface area (Å²) in [5.41, 5.74) is -0.212. The minimum atomic E-state index is -3.89. The van der Waals surface area contributed by atoms with E-state index in [1.165, 1.54) is 0 Å². The fourth-order valence-electron chi connectivity index (χ4n) is 1.74. The van der Waals surface area contributed by atoms with Gasteiger partial charge in [0.25, 0.3) is 5.69 Å². The molecule has 0 bridgehead atoms. The highest BCUT2D eigenvalue weighted by atomic mass is 32.2. The van der Waals surface area contributed by atoms with Gasteiger partial charge in [0.1, 0.15) is 0 Å². The zero-order chi connectivity index (χ0) is 16.2. The molecule has 1 N–H and O–H groups in total. The van der Waals surface area contributed by atoms with Crippen LogP contribution in [-0.2, 0) is 14.8 Å². The number of carboxylic acid groups (broad SMARTS) is 1. The van der Waals surface area contributed by atoms with Gasteiger partial charge in [-0.15, -0.1) is 0 Å². The lowest BCUT2D eigenvalue weighted by Gasteiger charge is -2.25. The number of hydrogen-bond acceptors (Lipinski definition) is 5. The fraction of sp³-hybridized carbons (Fsp3) is 0.417. The Balaban J connectivity index is 3.10. The molecule has 0 atom stereocenters. The second kappa shape index (κ2) is 6.64. The molecule has 21 heavy (non-hydrogen) atoms. The maximum absolute atomic E-state index is 12.4. The maximum atomic E-state index is 12.4. The molecule has 0 aliphatic rings. The Morgan fingerprint density at radius 3 is 2.24 bits per heavy atom. The highest BCUT2D eigenvalue weighted by Crippen LogP contribution is 2.21. The fourth-order valence-corrected chi connectivity index (χ4v) is 3.37. The molecule has 1 aromatic carbocycles. The Labute approximate surface area is 122 Å². The van der Waals surface area contributed by atoms with Crippen LogP contribution in [0.1, 0.15) is 20.3 Å². The summed E-state index contributed by atoms with van der Waals surface area (Å²) in [4.78, 5) is 20.4. The van der Waals surface area contributed by atoms with Gasteiger partial charge in [0.05, 0.1) is 16.2 Å². The molecule has 116 valence electrons. The van der Waals surface area contributed by atoms with Crippen LogP contribution in [0.4, 0.5) is 5.69 Å². The molecule has 1 rings (SSSR count). The molecular weight excluding hydrogens is 300 g/mol. The Morgan fingerprint density at radius 2 is 1.86 bits per heavy atom. The molecular formula is C12H16N2O6S. The predicted molar refractivity (Wildman–Crippen MR) is 74.4 cm³/mol. The third-order valence-electron chi connectivity index (χ3n) is 2.78. The molecule has 0 aliphatic heterocycles. The molecule has 0 saturated carbocycles. The summed E-state index contributed by atoms with van der Waals surface area (Å²) in [5.74, 6) is -1.10. The molecule has 0 fully saturated rings. The third-order valence-corrected chi connectivity index (χ3v) is 4.87. The minimum absolute atomic E-state index is 0.104. The zero-order valence-electron chi connectivity index (χ0n) is 11.6. The summed E-state index contributed by atoms with van der Waals surface area (Å²) >= 11 is 0. The number of carbonyl (C=O) groups is 1. The van der Waals surface area contributed by atoms with Crippen LogP contribution < -0.4 is 0 Å². The highest BCUT2D eigenvalue weighted by Gasteiger charge is 2.27. The van der Waals surface area contributed by atoms with Crippen molar-refractivity contribution in [1.82, 2.24) is 4.31 Å². The first-order valence-electron chi connectivity index (χ1n) is 6.14. The average molecular weight is 316 g/mol. The standard InChI is InChI=1S/C12H16N2O6S/c1-9(2)13(8-7-12(15)16)21(19,20)11-5-3-10(4-6-11)14(17)18/h3-6,9H,7-8H2,1-2H3,(H,15,16). The van der Waals surface area contributed by atoms with Gasteiger partial charge in [-0.05, 0) is 26.0 Å². The normalized spacial score (nSPS) is 11.8. The SMILES string of the molecule is CC(C)N(CCC(=O)O)S(=O)(=O)c1ccc([N+](=O)[O-])cc1. The number of carboxylic acids is 1. The number of nitro benzene ring substituents is 1. The van der Waals surface area contributed by atoms with Crippen molar-refractivity contribution >= 4 is 21.7 Å². The van der Waals surface area contributed by atoms with E-state index < -0.39 is 27.0 Å². The molecule has 1 aromatic rings. The minimum Gasteiger partial charge on any atom is -0.481 e. The summed E-state index contributed by atoms with van der Waals surface area (Å²) in [5, 5.41) is 19.2. The van der Waals surface area contributed by atoms with Crippen LogP contribution in [0.15, 0.2) is 29.2 Å². The van der Waals surface area contributed by atoms with Gasteiger partial charge >= 0.3 is 5.97 Å². The lowest BCUT2D eigenvalue weighted by Crippen LogP contribution is -2.38. The van der Waals surface area contributed by atoms with Gasteiger partial charge < -0.3 is 5.11 Å². The lowest BCUT2D eigenvalue weighted by molar-refractivity contribution is -0.384. The number of nitrogens with zero attached hydrogens (tertiary/aromatic N) is 2. The summed E-state index contributed by atoms with van der Waals surface area (Å²) in [6.45, 7) is 3.10. The van der Waals surface area contributed by atoms with Crippen molar-refractivity contribution in [3.05, 3.63) is 34.4 Å². The third kappa shape index (κ3) is 4.23. The molecule has 0 aliphatic carbocycles. The molecule has 0 amide bonds. The quantitative estimate of drug-likeness (QED) is 0.601. The van der Waals surface area contributed by atoms with E-state index in [9.17, 15) is 23.3 Å². The first-order valence-corrected chi connectivity index (χ1v) is 7.58. The molecule has 0 unspecified atom stereocenters. The number of nitro groups is 1. The Kier molecular flexibility index (Phi) is 5.39. The molecule has 0 aromatic heterocycles. The average Bonchev–Trinajstić information content (AvgIpc) is 2.37. The summed E-state index contributed by atoms with van der Waals surface area (Å²) in [7, 11) is -3.89. The summed E-state index contributed by atoms with van der Waals surface area (Å²) < 4.78 is 25.9. The van der Waals surface area contributed by atoms with E-state index in [-0.39, 0.29) is 23.5 Å². The van der Waals surface area contributed by atoms with Gasteiger partial charge in [-0.25, -0.2) is 8.42 Å². The zero-order valence-corrected chi connectivity index (χ0v) is 12.4. The van der Waals surface area contributed by atoms with Crippen molar-refractivity contribution in [1.29, 1.82) is 0 Å². The van der Waals surface area contributed by atoms with Gasteiger partial charge in [0.15, 0.2) is 0 Å². The molecule has 0 spiro atoms. The van der Waals surface area contributed by atoms with Crippen LogP contribution >= 0.6 is 0 Å². The number of non-ortho nitro benzene ring substituents is 1. The predicted octanol–water partition coefficient (Wildman–Crippen LogP) is 1.47. The maximum Gasteiger partial charge on any atom is 0.304 e. The van der Waals surface area contributed by atoms with Crippen molar-refractivity contribution in [2.75, 3.05) is 6.54 Å². The Bertz CT molecular complexity index is 624. The largest absolute Gasteiger partial charge is 0.481 e. The smallest absolute Gasteiger partial charge is 0.304 e. The number of sulfonamides is 1. The van der Waals surface area contributed by atoms with Gasteiger partial charge in [-0.1, -0.05) is 0 Å². The van der Waals surface area contributed by atoms with E-state index >= 15 is 0 Å². The molecule has 0 saturated heterocycles. The van der Waals surface area contributed by atoms with Gasteiger partial charge in [-0.2, -0.15) is 4.31 Å².